The van der Waals surface area contributed by atoms with Crippen LogP contribution in [-0.4, -0.2) is 29.7 Å². The van der Waals surface area contributed by atoms with Gasteiger partial charge < -0.3 is 10.2 Å². The second kappa shape index (κ2) is 8.46. The predicted molar refractivity (Wildman–Crippen MR) is 118 cm³/mol. The Labute approximate surface area is 181 Å². The molecule has 1 atom stereocenters. The Hall–Kier alpha value is -3.28. The fourth-order valence-corrected chi connectivity index (χ4v) is 4.15. The van der Waals surface area contributed by atoms with Crippen molar-refractivity contribution < 1.29 is 13.6 Å². The summed E-state index contributed by atoms with van der Waals surface area (Å²) in [7, 11) is 1.97. The minimum Gasteiger partial charge on any atom is -0.359 e. The maximum absolute atomic E-state index is 13.7. The topological polar surface area (TPSA) is 44.7 Å². The van der Waals surface area contributed by atoms with Crippen molar-refractivity contribution in [2.24, 2.45) is 4.99 Å². The normalized spacial score (nSPS) is 17.5. The third-order valence-electron chi connectivity index (χ3n) is 5.57. The number of benzene rings is 2. The molecule has 1 heterocycles. The molecule has 1 aliphatic heterocycles. The highest BCUT2D eigenvalue weighted by Gasteiger charge is 2.33. The second-order valence-electron chi connectivity index (χ2n) is 8.24. The molecule has 0 bridgehead atoms. The van der Waals surface area contributed by atoms with Crippen molar-refractivity contribution in [2.75, 3.05) is 7.05 Å². The molecule has 2 aromatic rings. The number of likely N-dealkylation sites (N-methyl/N-ethyl adjacent to an activating group) is 1. The smallest absolute Gasteiger partial charge is 0.229 e. The molecule has 31 heavy (non-hydrogen) atoms. The summed E-state index contributed by atoms with van der Waals surface area (Å²) in [5, 5.41) is 2.97. The number of aryl methyl sites for hydroxylation is 1. The van der Waals surface area contributed by atoms with Gasteiger partial charge in [0.05, 0.1) is 17.8 Å². The average molecular weight is 421 g/mol. The molecule has 160 valence electrons. The summed E-state index contributed by atoms with van der Waals surface area (Å²) in [6, 6.07) is 10.5. The zero-order valence-corrected chi connectivity index (χ0v) is 17.9. The number of carbonyl (C=O) groups is 1. The predicted octanol–water partition coefficient (Wildman–Crippen LogP) is 4.62. The highest BCUT2D eigenvalue weighted by molar-refractivity contribution is 6.05. The van der Waals surface area contributed by atoms with Gasteiger partial charge in [-0.3, -0.25) is 4.79 Å². The molecule has 1 aliphatic carbocycles. The number of amides is 1. The van der Waals surface area contributed by atoms with Crippen LogP contribution >= 0.6 is 0 Å². The molecule has 0 saturated carbocycles. The van der Waals surface area contributed by atoms with Crippen molar-refractivity contribution in [3.8, 4) is 0 Å². The Kier molecular flexibility index (Phi) is 5.72. The van der Waals surface area contributed by atoms with Crippen LogP contribution in [0.25, 0.3) is 5.70 Å². The SMILES string of the molecule is CC(C)=CC1C(NC(=O)Cc2ccc(F)cc2)=NC2=C(c3ccc(F)cc3CC2)N1C. The zero-order valence-electron chi connectivity index (χ0n) is 17.9. The van der Waals surface area contributed by atoms with Crippen molar-refractivity contribution in [3.63, 3.8) is 0 Å². The number of amidine groups is 1. The van der Waals surface area contributed by atoms with Gasteiger partial charge in [-0.25, -0.2) is 13.8 Å². The van der Waals surface area contributed by atoms with Crippen molar-refractivity contribution in [1.82, 2.24) is 10.2 Å². The fraction of sp³-hybridized carbons (Fsp3) is 0.280. The van der Waals surface area contributed by atoms with Gasteiger partial charge in [-0.05, 0) is 68.1 Å². The van der Waals surface area contributed by atoms with Gasteiger partial charge in [0.25, 0.3) is 0 Å². The number of allylic oxidation sites excluding steroid dienone is 2. The molecule has 2 aliphatic rings. The highest BCUT2D eigenvalue weighted by atomic mass is 19.1. The first kappa shape index (κ1) is 21.0. The van der Waals surface area contributed by atoms with Crippen molar-refractivity contribution in [1.29, 1.82) is 0 Å². The third kappa shape index (κ3) is 4.43. The minimum atomic E-state index is -0.331. The highest BCUT2D eigenvalue weighted by Crippen LogP contribution is 2.38. The van der Waals surface area contributed by atoms with Crippen molar-refractivity contribution >= 4 is 17.4 Å². The Bertz CT molecular complexity index is 1110. The first-order chi connectivity index (χ1) is 14.8. The van der Waals surface area contributed by atoms with Gasteiger partial charge in [-0.2, -0.15) is 0 Å². The molecule has 4 nitrogen and oxygen atoms in total. The fourth-order valence-electron chi connectivity index (χ4n) is 4.15. The van der Waals surface area contributed by atoms with Gasteiger partial charge >= 0.3 is 0 Å². The van der Waals surface area contributed by atoms with E-state index in [2.05, 4.69) is 16.3 Å². The van der Waals surface area contributed by atoms with Gasteiger partial charge in [-0.1, -0.05) is 23.8 Å². The van der Waals surface area contributed by atoms with Crippen LogP contribution in [0, 0.1) is 11.6 Å². The maximum atomic E-state index is 13.7. The molecule has 0 fully saturated rings. The summed E-state index contributed by atoms with van der Waals surface area (Å²) in [5.41, 5.74) is 5.64. The summed E-state index contributed by atoms with van der Waals surface area (Å²) < 4.78 is 26.9. The van der Waals surface area contributed by atoms with E-state index in [0.29, 0.717) is 18.7 Å². The number of carbonyl (C=O) groups excluding carboxylic acids is 1. The van der Waals surface area contributed by atoms with E-state index in [1.54, 1.807) is 18.2 Å². The van der Waals surface area contributed by atoms with Gasteiger partial charge in [-0.15, -0.1) is 0 Å². The van der Waals surface area contributed by atoms with Crippen LogP contribution < -0.4 is 5.32 Å². The Morgan fingerprint density at radius 1 is 1.13 bits per heavy atom. The molecular formula is C25H25F2N3O. The molecule has 0 saturated heterocycles. The van der Waals surface area contributed by atoms with E-state index in [1.165, 1.54) is 18.2 Å². The first-order valence-electron chi connectivity index (χ1n) is 10.3. The van der Waals surface area contributed by atoms with E-state index in [-0.39, 0.29) is 30.0 Å². The van der Waals surface area contributed by atoms with Crippen molar-refractivity contribution in [3.05, 3.63) is 88.1 Å². The maximum Gasteiger partial charge on any atom is 0.229 e. The van der Waals surface area contributed by atoms with Crippen LogP contribution in [0.1, 0.15) is 37.0 Å². The quantitative estimate of drug-likeness (QED) is 0.736. The first-order valence-corrected chi connectivity index (χ1v) is 10.3. The van der Waals surface area contributed by atoms with Gasteiger partial charge in [0.1, 0.15) is 23.5 Å². The summed E-state index contributed by atoms with van der Waals surface area (Å²) >= 11 is 0. The van der Waals surface area contributed by atoms with E-state index in [9.17, 15) is 13.6 Å². The van der Waals surface area contributed by atoms with Crippen LogP contribution in [0.4, 0.5) is 8.78 Å². The number of hydrogen-bond donors (Lipinski definition) is 1. The van der Waals surface area contributed by atoms with Gasteiger partial charge in [0.2, 0.25) is 5.91 Å². The third-order valence-corrected chi connectivity index (χ3v) is 5.57. The molecule has 2 aromatic carbocycles. The van der Waals surface area contributed by atoms with Crippen LogP contribution in [-0.2, 0) is 17.6 Å². The van der Waals surface area contributed by atoms with Crippen LogP contribution in [0.3, 0.4) is 0 Å². The molecule has 6 heteroatoms. The number of nitrogens with zero attached hydrogens (tertiary/aromatic N) is 2. The lowest BCUT2D eigenvalue weighted by Crippen LogP contribution is -2.48. The summed E-state index contributed by atoms with van der Waals surface area (Å²) in [4.78, 5) is 19.6. The van der Waals surface area contributed by atoms with Gasteiger partial charge in [0.15, 0.2) is 0 Å². The average Bonchev–Trinajstić information content (AvgIpc) is 2.72. The number of hydrogen-bond acceptors (Lipinski definition) is 3. The van der Waals surface area contributed by atoms with Crippen LogP contribution in [0.15, 0.2) is 64.8 Å². The number of rotatable bonds is 3. The zero-order chi connectivity index (χ0) is 22.1. The van der Waals surface area contributed by atoms with E-state index in [0.717, 1.165) is 33.7 Å². The summed E-state index contributed by atoms with van der Waals surface area (Å²) in [6.07, 6.45) is 3.57. The standard InChI is InChI=1S/C25H25F2N3O/c1-15(2)12-22-25(29-23(31)13-16-4-7-18(26)8-5-16)28-21-11-6-17-14-19(27)9-10-20(17)24(21)30(22)3/h4-5,7-10,12,14,22H,6,11,13H2,1-3H3,(H,28,29,31). The number of fused-ring (bicyclic) bond motifs is 2. The molecule has 0 aromatic heterocycles. The van der Waals surface area contributed by atoms with Gasteiger partial charge in [0, 0.05) is 12.6 Å². The second-order valence-corrected chi connectivity index (χ2v) is 8.24. The minimum absolute atomic E-state index is 0.137. The van der Waals surface area contributed by atoms with Crippen LogP contribution in [0.2, 0.25) is 0 Å². The lowest BCUT2D eigenvalue weighted by molar-refractivity contribution is -0.119. The summed E-state index contributed by atoms with van der Waals surface area (Å²) in [6.45, 7) is 4.00. The summed E-state index contributed by atoms with van der Waals surface area (Å²) in [5.74, 6) is -0.198. The lowest BCUT2D eigenvalue weighted by atomic mass is 9.90. The molecule has 1 unspecified atom stereocenters. The Morgan fingerprint density at radius 2 is 1.84 bits per heavy atom. The molecule has 0 spiro atoms. The molecular weight excluding hydrogens is 396 g/mol. The number of nitrogens with one attached hydrogen (secondary N) is 1. The van der Waals surface area contributed by atoms with Crippen molar-refractivity contribution in [2.45, 2.75) is 39.2 Å². The number of aliphatic imine (C=N–C) groups is 1. The number of halogens is 2. The van der Waals surface area contributed by atoms with E-state index >= 15 is 0 Å². The van der Waals surface area contributed by atoms with E-state index < -0.39 is 0 Å². The Morgan fingerprint density at radius 3 is 2.55 bits per heavy atom. The van der Waals surface area contributed by atoms with Crippen LogP contribution in [0.5, 0.6) is 0 Å². The monoisotopic (exact) mass is 421 g/mol. The van der Waals surface area contributed by atoms with E-state index in [1.807, 2.05) is 27.0 Å². The molecule has 0 radical (unpaired) electrons. The molecule has 4 rings (SSSR count). The largest absolute Gasteiger partial charge is 0.359 e. The molecule has 1 N–H and O–H groups in total. The van der Waals surface area contributed by atoms with E-state index in [4.69, 9.17) is 4.99 Å². The Balaban J connectivity index is 1.67. The lowest BCUT2D eigenvalue weighted by Gasteiger charge is -2.38. The molecule has 1 amide bonds.